The maximum atomic E-state index is 12.9. The van der Waals surface area contributed by atoms with Crippen LogP contribution in [-0.4, -0.2) is 43.0 Å². The molecule has 0 radical (unpaired) electrons. The normalized spacial score (nSPS) is 11.6. The molecule has 0 atom stereocenters. The van der Waals surface area contributed by atoms with Crippen molar-refractivity contribution in [2.45, 2.75) is 0 Å². The summed E-state index contributed by atoms with van der Waals surface area (Å²) in [7, 11) is 3.94. The highest BCUT2D eigenvalue weighted by Crippen LogP contribution is 2.27. The Labute approximate surface area is 182 Å². The summed E-state index contributed by atoms with van der Waals surface area (Å²) < 4.78 is 0.943. The number of aromatic nitrogens is 1. The Morgan fingerprint density at radius 2 is 1.86 bits per heavy atom. The number of likely N-dealkylation sites (N-methyl/N-ethyl adjacent to an activating group) is 1. The molecule has 146 valence electrons. The summed E-state index contributed by atoms with van der Waals surface area (Å²) in [6.45, 7) is 1.34. The van der Waals surface area contributed by atoms with E-state index in [9.17, 15) is 4.79 Å². The maximum Gasteiger partial charge on any atom is 0.254 e. The second-order valence-corrected chi connectivity index (χ2v) is 8.49. The number of rotatable bonds is 6. The number of halogens is 3. The first-order chi connectivity index (χ1) is 13.3. The summed E-state index contributed by atoms with van der Waals surface area (Å²) >= 11 is 15.6. The molecule has 28 heavy (non-hydrogen) atoms. The summed E-state index contributed by atoms with van der Waals surface area (Å²) in [6, 6.07) is 11.1. The topological polar surface area (TPSA) is 48.1 Å². The van der Waals surface area contributed by atoms with Gasteiger partial charge in [-0.2, -0.15) is 0 Å². The number of nitrogens with zero attached hydrogens (tertiary/aromatic N) is 1. The van der Waals surface area contributed by atoms with E-state index in [1.807, 2.05) is 61.5 Å². The highest BCUT2D eigenvalue weighted by Gasteiger charge is 2.17. The van der Waals surface area contributed by atoms with Crippen molar-refractivity contribution in [1.29, 1.82) is 0 Å². The fraction of sp³-hybridized carbons (Fsp3) is 0.190. The number of carbonyl (C=O) groups is 1. The molecule has 1 aromatic heterocycles. The number of benzene rings is 2. The van der Waals surface area contributed by atoms with Crippen LogP contribution in [0.25, 0.3) is 23.1 Å². The molecule has 2 aromatic carbocycles. The zero-order chi connectivity index (χ0) is 20.3. The Morgan fingerprint density at radius 1 is 1.14 bits per heavy atom. The molecule has 0 unspecified atom stereocenters. The summed E-state index contributed by atoms with van der Waals surface area (Å²) in [5.74, 6) is -0.112. The van der Waals surface area contributed by atoms with E-state index in [4.69, 9.17) is 23.2 Å². The molecule has 1 heterocycles. The van der Waals surface area contributed by atoms with Crippen LogP contribution in [0.5, 0.6) is 0 Å². The van der Waals surface area contributed by atoms with Crippen LogP contribution in [0.4, 0.5) is 0 Å². The zero-order valence-corrected chi connectivity index (χ0v) is 18.6. The average molecular weight is 481 g/mol. The predicted molar refractivity (Wildman–Crippen MR) is 122 cm³/mol. The lowest BCUT2D eigenvalue weighted by Crippen LogP contribution is -2.31. The van der Waals surface area contributed by atoms with Crippen molar-refractivity contribution in [3.63, 3.8) is 0 Å². The van der Waals surface area contributed by atoms with Crippen molar-refractivity contribution < 1.29 is 4.79 Å². The fourth-order valence-corrected chi connectivity index (χ4v) is 3.80. The Balaban J connectivity index is 1.98. The van der Waals surface area contributed by atoms with E-state index < -0.39 is 0 Å². The summed E-state index contributed by atoms with van der Waals surface area (Å²) in [5, 5.41) is 4.99. The number of H-pyrrole nitrogens is 1. The molecule has 0 aliphatic heterocycles. The lowest BCUT2D eigenvalue weighted by Gasteiger charge is -2.10. The minimum absolute atomic E-state index is 0.112. The van der Waals surface area contributed by atoms with Crippen LogP contribution >= 0.6 is 39.1 Å². The van der Waals surface area contributed by atoms with Gasteiger partial charge < -0.3 is 15.2 Å². The van der Waals surface area contributed by atoms with Crippen LogP contribution in [0.1, 0.15) is 21.6 Å². The number of carbonyl (C=O) groups excluding carboxylic acids is 1. The SMILES string of the molecule is CN(C)CCNC(=O)c1c(C=Cc2cc(Cl)cc(Cl)c2)[nH]c2cc(Br)ccc12. The molecule has 3 rings (SSSR count). The maximum absolute atomic E-state index is 12.9. The third kappa shape index (κ3) is 5.17. The molecule has 0 saturated heterocycles. The van der Waals surface area contributed by atoms with Gasteiger partial charge in [0.1, 0.15) is 0 Å². The minimum atomic E-state index is -0.112. The minimum Gasteiger partial charge on any atom is -0.354 e. The number of hydrogen-bond acceptors (Lipinski definition) is 2. The van der Waals surface area contributed by atoms with Gasteiger partial charge in [-0.3, -0.25) is 4.79 Å². The van der Waals surface area contributed by atoms with Crippen LogP contribution in [-0.2, 0) is 0 Å². The quantitative estimate of drug-likeness (QED) is 0.475. The van der Waals surface area contributed by atoms with E-state index >= 15 is 0 Å². The number of amides is 1. The van der Waals surface area contributed by atoms with E-state index in [0.29, 0.717) is 22.2 Å². The Hall–Kier alpha value is -1.79. The Morgan fingerprint density at radius 3 is 2.54 bits per heavy atom. The van der Waals surface area contributed by atoms with Crippen molar-refractivity contribution in [2.24, 2.45) is 0 Å². The molecule has 3 aromatic rings. The molecule has 0 saturated carbocycles. The van der Waals surface area contributed by atoms with Gasteiger partial charge in [-0.1, -0.05) is 51.3 Å². The first-order valence-corrected chi connectivity index (χ1v) is 10.3. The lowest BCUT2D eigenvalue weighted by atomic mass is 10.1. The molecule has 0 fully saturated rings. The van der Waals surface area contributed by atoms with E-state index in [2.05, 4.69) is 26.2 Å². The van der Waals surface area contributed by atoms with Gasteiger partial charge in [0, 0.05) is 38.5 Å². The molecule has 4 nitrogen and oxygen atoms in total. The number of aromatic amines is 1. The molecule has 7 heteroatoms. The predicted octanol–water partition coefficient (Wildman–Crippen LogP) is 5.70. The standard InChI is InChI=1S/C21H20BrCl2N3O/c1-27(2)8-7-25-21(28)20-17-5-4-14(22)11-19(17)26-18(20)6-3-13-9-15(23)12-16(24)10-13/h3-6,9-12,26H,7-8H2,1-2H3,(H,25,28). The number of hydrogen-bond donors (Lipinski definition) is 2. The van der Waals surface area contributed by atoms with Crippen LogP contribution in [0.15, 0.2) is 40.9 Å². The van der Waals surface area contributed by atoms with E-state index in [-0.39, 0.29) is 5.91 Å². The first kappa shape index (κ1) is 20.9. The molecular formula is C21H20BrCl2N3O. The molecule has 0 bridgehead atoms. The second-order valence-electron chi connectivity index (χ2n) is 6.70. The van der Waals surface area contributed by atoms with Gasteiger partial charge >= 0.3 is 0 Å². The third-order valence-electron chi connectivity index (χ3n) is 4.19. The van der Waals surface area contributed by atoms with Crippen molar-refractivity contribution in [3.8, 4) is 0 Å². The lowest BCUT2D eigenvalue weighted by molar-refractivity contribution is 0.0952. The number of nitrogens with one attached hydrogen (secondary N) is 2. The summed E-state index contributed by atoms with van der Waals surface area (Å²) in [6.07, 6.45) is 3.75. The second kappa shape index (κ2) is 9.14. The van der Waals surface area contributed by atoms with Crippen molar-refractivity contribution in [2.75, 3.05) is 27.2 Å². The molecule has 0 aliphatic carbocycles. The van der Waals surface area contributed by atoms with Crippen molar-refractivity contribution in [1.82, 2.24) is 15.2 Å². The largest absolute Gasteiger partial charge is 0.354 e. The van der Waals surface area contributed by atoms with Gasteiger partial charge in [0.25, 0.3) is 5.91 Å². The van der Waals surface area contributed by atoms with Crippen molar-refractivity contribution >= 4 is 68.1 Å². The first-order valence-electron chi connectivity index (χ1n) is 8.72. The number of fused-ring (bicyclic) bond motifs is 1. The van der Waals surface area contributed by atoms with Crippen LogP contribution < -0.4 is 5.32 Å². The summed E-state index contributed by atoms with van der Waals surface area (Å²) in [5.41, 5.74) is 3.09. The van der Waals surface area contributed by atoms with Gasteiger partial charge in [-0.15, -0.1) is 0 Å². The highest BCUT2D eigenvalue weighted by molar-refractivity contribution is 9.10. The summed E-state index contributed by atoms with van der Waals surface area (Å²) in [4.78, 5) is 18.2. The van der Waals surface area contributed by atoms with Crippen LogP contribution in [0, 0.1) is 0 Å². The van der Waals surface area contributed by atoms with Crippen molar-refractivity contribution in [3.05, 3.63) is 67.7 Å². The fourth-order valence-electron chi connectivity index (χ4n) is 2.89. The van der Waals surface area contributed by atoms with Gasteiger partial charge in [0.15, 0.2) is 0 Å². The monoisotopic (exact) mass is 479 g/mol. The van der Waals surface area contributed by atoms with Gasteiger partial charge in [-0.25, -0.2) is 0 Å². The van der Waals surface area contributed by atoms with E-state index in [1.54, 1.807) is 6.07 Å². The molecular weight excluding hydrogens is 461 g/mol. The van der Waals surface area contributed by atoms with Crippen LogP contribution in [0.2, 0.25) is 10.0 Å². The van der Waals surface area contributed by atoms with Gasteiger partial charge in [0.05, 0.1) is 11.3 Å². The average Bonchev–Trinajstić information content (AvgIpc) is 2.96. The molecule has 2 N–H and O–H groups in total. The van der Waals surface area contributed by atoms with Gasteiger partial charge in [0.2, 0.25) is 0 Å². The van der Waals surface area contributed by atoms with Gasteiger partial charge in [-0.05, 0) is 56.1 Å². The Kier molecular flexibility index (Phi) is 6.83. The zero-order valence-electron chi connectivity index (χ0n) is 15.5. The Bertz CT molecular complexity index is 1020. The van der Waals surface area contributed by atoms with E-state index in [1.165, 1.54) is 0 Å². The smallest absolute Gasteiger partial charge is 0.254 e. The molecule has 0 spiro atoms. The highest BCUT2D eigenvalue weighted by atomic mass is 79.9. The van der Waals surface area contributed by atoms with E-state index in [0.717, 1.165) is 33.2 Å². The third-order valence-corrected chi connectivity index (χ3v) is 5.12. The molecule has 0 aliphatic rings. The molecule has 1 amide bonds. The van der Waals surface area contributed by atoms with Crippen LogP contribution in [0.3, 0.4) is 0 Å².